The average molecular weight is 375 g/mol. The molecule has 0 N–H and O–H groups in total. The van der Waals surface area contributed by atoms with Crippen LogP contribution in [-0.2, 0) is 19.6 Å². The monoisotopic (exact) mass is 374 g/mol. The molecule has 0 rings (SSSR count). The molecule has 158 valence electrons. The Kier molecular flexibility index (Phi) is 8.84. The highest BCUT2D eigenvalue weighted by Gasteiger charge is 2.41. The van der Waals surface area contributed by atoms with E-state index in [4.69, 9.17) is 19.6 Å². The summed E-state index contributed by atoms with van der Waals surface area (Å²) in [6.07, 6.45) is 2.79. The lowest BCUT2D eigenvalue weighted by atomic mass is 9.74. The highest BCUT2D eigenvalue weighted by atomic mass is 17.2. The minimum absolute atomic E-state index is 0.00610. The average Bonchev–Trinajstić information content (AvgIpc) is 2.35. The van der Waals surface area contributed by atoms with Gasteiger partial charge in [0.25, 0.3) is 0 Å². The van der Waals surface area contributed by atoms with Crippen molar-refractivity contribution < 1.29 is 19.6 Å². The van der Waals surface area contributed by atoms with E-state index in [-0.39, 0.29) is 33.7 Å². The van der Waals surface area contributed by atoms with E-state index >= 15 is 0 Å². The second kappa shape index (κ2) is 8.89. The zero-order chi connectivity index (χ0) is 21.0. The highest BCUT2D eigenvalue weighted by Crippen LogP contribution is 2.40. The van der Waals surface area contributed by atoms with Crippen LogP contribution in [0.4, 0.5) is 0 Å². The first kappa shape index (κ1) is 25.8. The summed E-state index contributed by atoms with van der Waals surface area (Å²) in [7, 11) is 0. The van der Waals surface area contributed by atoms with Crippen molar-refractivity contribution in [3.63, 3.8) is 0 Å². The quantitative estimate of drug-likeness (QED) is 0.343. The summed E-state index contributed by atoms with van der Waals surface area (Å²) >= 11 is 0. The molecule has 0 bridgehead atoms. The minimum Gasteiger partial charge on any atom is -0.232 e. The van der Waals surface area contributed by atoms with E-state index in [0.717, 1.165) is 19.3 Å². The minimum atomic E-state index is -0.381. The van der Waals surface area contributed by atoms with E-state index in [1.165, 1.54) is 0 Å². The first-order valence-electron chi connectivity index (χ1n) is 9.98. The van der Waals surface area contributed by atoms with E-state index in [1.807, 2.05) is 41.5 Å². The molecule has 0 saturated carbocycles. The smallest absolute Gasteiger partial charge is 0.106 e. The molecule has 0 spiro atoms. The Bertz CT molecular complexity index is 404. The molecule has 0 aliphatic carbocycles. The first-order chi connectivity index (χ1) is 11.3. The Labute approximate surface area is 163 Å². The lowest BCUT2D eigenvalue weighted by Crippen LogP contribution is -2.44. The molecule has 0 aliphatic rings. The van der Waals surface area contributed by atoms with Crippen molar-refractivity contribution in [3.05, 3.63) is 0 Å². The Balaban J connectivity index is 4.93. The van der Waals surface area contributed by atoms with Crippen molar-refractivity contribution in [1.29, 1.82) is 0 Å². The number of hydrogen-bond donors (Lipinski definition) is 0. The van der Waals surface area contributed by atoms with Gasteiger partial charge in [0.15, 0.2) is 0 Å². The molecule has 0 aromatic rings. The van der Waals surface area contributed by atoms with Gasteiger partial charge < -0.3 is 0 Å². The number of rotatable bonds is 8. The molecule has 26 heavy (non-hydrogen) atoms. The predicted molar refractivity (Wildman–Crippen MR) is 109 cm³/mol. The van der Waals surface area contributed by atoms with E-state index in [0.29, 0.717) is 0 Å². The van der Waals surface area contributed by atoms with Crippen LogP contribution in [0.3, 0.4) is 0 Å². The van der Waals surface area contributed by atoms with Crippen LogP contribution in [0.25, 0.3) is 0 Å². The topological polar surface area (TPSA) is 36.9 Å². The molecule has 0 radical (unpaired) electrons. The predicted octanol–water partition coefficient (Wildman–Crippen LogP) is 6.87. The maximum Gasteiger partial charge on any atom is 0.106 e. The third kappa shape index (κ3) is 10.2. The number of hydrogen-bond acceptors (Lipinski definition) is 4. The fourth-order valence-electron chi connectivity index (χ4n) is 2.21. The molecule has 0 saturated heterocycles. The van der Waals surface area contributed by atoms with Crippen molar-refractivity contribution >= 4 is 0 Å². The van der Waals surface area contributed by atoms with Gasteiger partial charge >= 0.3 is 0 Å². The maximum atomic E-state index is 5.97. The lowest BCUT2D eigenvalue weighted by Gasteiger charge is -2.42. The molecular weight excluding hydrogens is 328 g/mol. The van der Waals surface area contributed by atoms with Crippen LogP contribution in [-0.4, -0.2) is 22.9 Å². The molecule has 0 heterocycles. The zero-order valence-corrected chi connectivity index (χ0v) is 19.8. The van der Waals surface area contributed by atoms with Gasteiger partial charge in [-0.05, 0) is 78.6 Å². The van der Waals surface area contributed by atoms with E-state index < -0.39 is 0 Å². The van der Waals surface area contributed by atoms with Gasteiger partial charge in [0.2, 0.25) is 0 Å². The summed E-state index contributed by atoms with van der Waals surface area (Å²) in [5, 5.41) is 0. The van der Waals surface area contributed by atoms with Crippen LogP contribution < -0.4 is 0 Å². The third-order valence-electron chi connectivity index (χ3n) is 4.56. The SMILES string of the molecule is CC(C)(C)OOC(CCCC(C)(OOC(C)(C)C)C(C)(C)C)C(C)(C)C. The van der Waals surface area contributed by atoms with Crippen LogP contribution in [0.5, 0.6) is 0 Å². The largest absolute Gasteiger partial charge is 0.232 e. The summed E-state index contributed by atoms with van der Waals surface area (Å²) in [4.78, 5) is 23.1. The normalized spacial score (nSPS) is 17.9. The maximum absolute atomic E-state index is 5.97. The van der Waals surface area contributed by atoms with Crippen LogP contribution >= 0.6 is 0 Å². The van der Waals surface area contributed by atoms with Crippen molar-refractivity contribution in [3.8, 4) is 0 Å². The second-order valence-corrected chi connectivity index (χ2v) is 11.8. The molecule has 4 heteroatoms. The van der Waals surface area contributed by atoms with Crippen LogP contribution in [0, 0.1) is 10.8 Å². The van der Waals surface area contributed by atoms with Crippen molar-refractivity contribution in [2.75, 3.05) is 0 Å². The van der Waals surface area contributed by atoms with E-state index in [9.17, 15) is 0 Å². The van der Waals surface area contributed by atoms with Crippen LogP contribution in [0.15, 0.2) is 0 Å². The molecule has 0 aromatic carbocycles. The molecule has 4 nitrogen and oxygen atoms in total. The lowest BCUT2D eigenvalue weighted by molar-refractivity contribution is -0.419. The van der Waals surface area contributed by atoms with Crippen molar-refractivity contribution in [2.45, 2.75) is 132 Å². The van der Waals surface area contributed by atoms with Gasteiger partial charge in [-0.2, -0.15) is 0 Å². The highest BCUT2D eigenvalue weighted by molar-refractivity contribution is 4.88. The molecule has 2 atom stereocenters. The van der Waals surface area contributed by atoms with Crippen LogP contribution in [0.2, 0.25) is 0 Å². The zero-order valence-electron chi connectivity index (χ0n) is 19.8. The molecule has 0 amide bonds. The van der Waals surface area contributed by atoms with Gasteiger partial charge in [-0.3, -0.25) is 0 Å². The third-order valence-corrected chi connectivity index (χ3v) is 4.56. The van der Waals surface area contributed by atoms with E-state index in [1.54, 1.807) is 0 Å². The van der Waals surface area contributed by atoms with Crippen LogP contribution in [0.1, 0.15) is 109 Å². The Morgan fingerprint density at radius 1 is 0.615 bits per heavy atom. The van der Waals surface area contributed by atoms with Gasteiger partial charge in [-0.15, -0.1) is 0 Å². The fourth-order valence-corrected chi connectivity index (χ4v) is 2.21. The summed E-state index contributed by atoms with van der Waals surface area (Å²) in [5.74, 6) is 0. The Morgan fingerprint density at radius 3 is 1.42 bits per heavy atom. The second-order valence-electron chi connectivity index (χ2n) is 11.8. The molecule has 2 unspecified atom stereocenters. The molecular formula is C22H46O4. The van der Waals surface area contributed by atoms with E-state index in [2.05, 4.69) is 48.5 Å². The molecule has 0 aromatic heterocycles. The standard InChI is InChI=1S/C22H46O4/c1-18(2,3)17(23-24-20(7,8)9)15-14-16-22(13,19(4,5)6)26-25-21(10,11)12/h17H,14-16H2,1-13H3. The van der Waals surface area contributed by atoms with Gasteiger partial charge in [0.05, 0.1) is 17.3 Å². The molecule has 0 aliphatic heterocycles. The Morgan fingerprint density at radius 2 is 1.08 bits per heavy atom. The Hall–Kier alpha value is -0.160. The summed E-state index contributed by atoms with van der Waals surface area (Å²) in [6, 6.07) is 0. The molecule has 0 fully saturated rings. The summed E-state index contributed by atoms with van der Waals surface area (Å²) in [6.45, 7) is 27.3. The van der Waals surface area contributed by atoms with Gasteiger partial charge in [-0.1, -0.05) is 41.5 Å². The van der Waals surface area contributed by atoms with Crippen molar-refractivity contribution in [1.82, 2.24) is 0 Å². The van der Waals surface area contributed by atoms with Gasteiger partial charge in [-0.25, -0.2) is 19.6 Å². The van der Waals surface area contributed by atoms with Gasteiger partial charge in [0, 0.05) is 0 Å². The van der Waals surface area contributed by atoms with Gasteiger partial charge in [0.1, 0.15) is 5.60 Å². The summed E-state index contributed by atoms with van der Waals surface area (Å²) < 4.78 is 0. The first-order valence-corrected chi connectivity index (χ1v) is 9.98. The van der Waals surface area contributed by atoms with Crippen molar-refractivity contribution in [2.24, 2.45) is 10.8 Å². The fraction of sp³-hybridized carbons (Fsp3) is 1.00. The summed E-state index contributed by atoms with van der Waals surface area (Å²) in [5.41, 5.74) is -1.06.